The second-order valence-corrected chi connectivity index (χ2v) is 4.56. The Labute approximate surface area is 98.3 Å². The van der Waals surface area contributed by atoms with Gasteiger partial charge in [-0.2, -0.15) is 0 Å². The number of hydrogen-bond acceptors (Lipinski definition) is 3. The lowest BCUT2D eigenvalue weighted by atomic mass is 10.0. The van der Waals surface area contributed by atoms with Crippen LogP contribution in [0.1, 0.15) is 25.7 Å². The zero-order chi connectivity index (χ0) is 11.8. The number of methoxy groups -OCH3 is 1. The van der Waals surface area contributed by atoms with Crippen molar-refractivity contribution in [2.45, 2.75) is 25.7 Å². The van der Waals surface area contributed by atoms with E-state index in [1.165, 1.54) is 6.42 Å². The minimum Gasteiger partial charge on any atom is -0.385 e. The van der Waals surface area contributed by atoms with Gasteiger partial charge in [0.15, 0.2) is 0 Å². The first-order chi connectivity index (χ1) is 7.74. The SMILES string of the molecule is COCCCN(C)C(=O)CCC1CCNC1. The summed E-state index contributed by atoms with van der Waals surface area (Å²) < 4.78 is 4.97. The molecule has 1 aliphatic rings. The summed E-state index contributed by atoms with van der Waals surface area (Å²) in [7, 11) is 3.57. The molecule has 0 aromatic heterocycles. The van der Waals surface area contributed by atoms with Gasteiger partial charge in [0.25, 0.3) is 0 Å². The Morgan fingerprint density at radius 2 is 2.38 bits per heavy atom. The second kappa shape index (κ2) is 7.63. The van der Waals surface area contributed by atoms with Gasteiger partial charge in [-0.3, -0.25) is 4.79 Å². The van der Waals surface area contributed by atoms with Crippen molar-refractivity contribution in [2.75, 3.05) is 40.4 Å². The average Bonchev–Trinajstić information content (AvgIpc) is 2.79. The van der Waals surface area contributed by atoms with Gasteiger partial charge in [-0.05, 0) is 38.3 Å². The predicted molar refractivity (Wildman–Crippen MR) is 64.3 cm³/mol. The summed E-state index contributed by atoms with van der Waals surface area (Å²) >= 11 is 0. The Morgan fingerprint density at radius 3 is 3.00 bits per heavy atom. The number of hydrogen-bond donors (Lipinski definition) is 1. The summed E-state index contributed by atoms with van der Waals surface area (Å²) in [5.74, 6) is 0.972. The Hall–Kier alpha value is -0.610. The number of amides is 1. The molecule has 0 radical (unpaired) electrons. The van der Waals surface area contributed by atoms with Crippen LogP contribution in [-0.4, -0.2) is 51.2 Å². The average molecular weight is 228 g/mol. The van der Waals surface area contributed by atoms with Crippen LogP contribution < -0.4 is 5.32 Å². The van der Waals surface area contributed by atoms with Crippen LogP contribution in [0.25, 0.3) is 0 Å². The van der Waals surface area contributed by atoms with Crippen molar-refractivity contribution in [1.82, 2.24) is 10.2 Å². The molecule has 16 heavy (non-hydrogen) atoms. The Bertz CT molecular complexity index is 203. The molecular formula is C12H24N2O2. The quantitative estimate of drug-likeness (QED) is 0.657. The van der Waals surface area contributed by atoms with Gasteiger partial charge in [-0.1, -0.05) is 0 Å². The van der Waals surface area contributed by atoms with E-state index < -0.39 is 0 Å². The third-order valence-corrected chi connectivity index (χ3v) is 3.20. The Kier molecular flexibility index (Phi) is 6.42. The summed E-state index contributed by atoms with van der Waals surface area (Å²) in [6.45, 7) is 3.73. The van der Waals surface area contributed by atoms with Crippen molar-refractivity contribution in [1.29, 1.82) is 0 Å². The maximum Gasteiger partial charge on any atom is 0.222 e. The molecule has 1 atom stereocenters. The molecule has 4 nitrogen and oxygen atoms in total. The van der Waals surface area contributed by atoms with Gasteiger partial charge < -0.3 is 15.0 Å². The van der Waals surface area contributed by atoms with Gasteiger partial charge >= 0.3 is 0 Å². The van der Waals surface area contributed by atoms with Gasteiger partial charge in [0.1, 0.15) is 0 Å². The molecule has 1 N–H and O–H groups in total. The van der Waals surface area contributed by atoms with Crippen LogP contribution in [0.15, 0.2) is 0 Å². The Balaban J connectivity index is 2.08. The van der Waals surface area contributed by atoms with Crippen molar-refractivity contribution < 1.29 is 9.53 Å². The van der Waals surface area contributed by atoms with Gasteiger partial charge in [-0.15, -0.1) is 0 Å². The molecule has 1 heterocycles. The van der Waals surface area contributed by atoms with E-state index >= 15 is 0 Å². The maximum atomic E-state index is 11.8. The van der Waals surface area contributed by atoms with E-state index in [0.717, 1.165) is 39.1 Å². The zero-order valence-corrected chi connectivity index (χ0v) is 10.5. The molecule has 1 unspecified atom stereocenters. The van der Waals surface area contributed by atoms with E-state index in [2.05, 4.69) is 5.32 Å². The topological polar surface area (TPSA) is 41.6 Å². The number of ether oxygens (including phenoxy) is 1. The molecule has 4 heteroatoms. The highest BCUT2D eigenvalue weighted by atomic mass is 16.5. The van der Waals surface area contributed by atoms with Crippen molar-refractivity contribution >= 4 is 5.91 Å². The number of carbonyl (C=O) groups excluding carboxylic acids is 1. The molecule has 0 aromatic rings. The normalized spacial score (nSPS) is 20.0. The van der Waals surface area contributed by atoms with E-state index in [9.17, 15) is 4.79 Å². The van der Waals surface area contributed by atoms with Crippen LogP contribution in [0, 0.1) is 5.92 Å². The van der Waals surface area contributed by atoms with Crippen LogP contribution in [0.2, 0.25) is 0 Å². The molecule has 0 saturated carbocycles. The molecular weight excluding hydrogens is 204 g/mol. The standard InChI is InChI=1S/C12H24N2O2/c1-14(8-3-9-16-2)12(15)5-4-11-6-7-13-10-11/h11,13H,3-10H2,1-2H3. The van der Waals surface area contributed by atoms with Crippen LogP contribution in [0.4, 0.5) is 0 Å². The first kappa shape index (κ1) is 13.5. The van der Waals surface area contributed by atoms with Gasteiger partial charge in [0.2, 0.25) is 5.91 Å². The summed E-state index contributed by atoms with van der Waals surface area (Å²) in [5.41, 5.74) is 0. The third-order valence-electron chi connectivity index (χ3n) is 3.20. The summed E-state index contributed by atoms with van der Waals surface area (Å²) in [6, 6.07) is 0. The predicted octanol–water partition coefficient (Wildman–Crippen LogP) is 0.871. The lowest BCUT2D eigenvalue weighted by Crippen LogP contribution is -2.28. The number of carbonyl (C=O) groups is 1. The fourth-order valence-electron chi connectivity index (χ4n) is 2.05. The van der Waals surface area contributed by atoms with Crippen LogP contribution >= 0.6 is 0 Å². The first-order valence-electron chi connectivity index (χ1n) is 6.17. The molecule has 1 aliphatic heterocycles. The van der Waals surface area contributed by atoms with Crippen molar-refractivity contribution in [2.24, 2.45) is 5.92 Å². The summed E-state index contributed by atoms with van der Waals surface area (Å²) in [4.78, 5) is 13.6. The molecule has 0 aromatic carbocycles. The Morgan fingerprint density at radius 1 is 1.56 bits per heavy atom. The number of nitrogens with one attached hydrogen (secondary N) is 1. The minimum atomic E-state index is 0.267. The molecule has 1 rings (SSSR count). The summed E-state index contributed by atoms with van der Waals surface area (Å²) in [6.07, 6.45) is 3.86. The van der Waals surface area contributed by atoms with E-state index in [1.54, 1.807) is 7.11 Å². The maximum absolute atomic E-state index is 11.8. The van der Waals surface area contributed by atoms with E-state index in [0.29, 0.717) is 12.3 Å². The van der Waals surface area contributed by atoms with Crippen LogP contribution in [0.5, 0.6) is 0 Å². The fourth-order valence-corrected chi connectivity index (χ4v) is 2.05. The molecule has 0 aliphatic carbocycles. The third kappa shape index (κ3) is 4.94. The highest BCUT2D eigenvalue weighted by molar-refractivity contribution is 5.75. The first-order valence-corrected chi connectivity index (χ1v) is 6.17. The van der Waals surface area contributed by atoms with Crippen LogP contribution in [-0.2, 0) is 9.53 Å². The van der Waals surface area contributed by atoms with Crippen molar-refractivity contribution in [3.8, 4) is 0 Å². The lowest BCUT2D eigenvalue weighted by molar-refractivity contribution is -0.130. The van der Waals surface area contributed by atoms with E-state index in [4.69, 9.17) is 4.74 Å². The van der Waals surface area contributed by atoms with Gasteiger partial charge in [0.05, 0.1) is 0 Å². The highest BCUT2D eigenvalue weighted by Gasteiger charge is 2.16. The minimum absolute atomic E-state index is 0.267. The second-order valence-electron chi connectivity index (χ2n) is 4.56. The van der Waals surface area contributed by atoms with E-state index in [1.807, 2.05) is 11.9 Å². The molecule has 94 valence electrons. The monoisotopic (exact) mass is 228 g/mol. The van der Waals surface area contributed by atoms with Gasteiger partial charge in [-0.25, -0.2) is 0 Å². The molecule has 1 fully saturated rings. The fraction of sp³-hybridized carbons (Fsp3) is 0.917. The molecule has 0 bridgehead atoms. The van der Waals surface area contributed by atoms with Gasteiger partial charge in [0, 0.05) is 33.7 Å². The molecule has 1 amide bonds. The molecule has 0 spiro atoms. The van der Waals surface area contributed by atoms with Crippen LogP contribution in [0.3, 0.4) is 0 Å². The lowest BCUT2D eigenvalue weighted by Gasteiger charge is -2.17. The number of rotatable bonds is 7. The molecule has 1 saturated heterocycles. The largest absolute Gasteiger partial charge is 0.385 e. The number of nitrogens with zero attached hydrogens (tertiary/aromatic N) is 1. The smallest absolute Gasteiger partial charge is 0.222 e. The van der Waals surface area contributed by atoms with E-state index in [-0.39, 0.29) is 5.91 Å². The summed E-state index contributed by atoms with van der Waals surface area (Å²) in [5, 5.41) is 3.33. The van der Waals surface area contributed by atoms with Crippen molar-refractivity contribution in [3.63, 3.8) is 0 Å². The van der Waals surface area contributed by atoms with Crippen molar-refractivity contribution in [3.05, 3.63) is 0 Å². The highest BCUT2D eigenvalue weighted by Crippen LogP contribution is 2.14. The zero-order valence-electron chi connectivity index (χ0n) is 10.5.